The van der Waals surface area contributed by atoms with Crippen LogP contribution in [0, 0.1) is 24.1 Å². The summed E-state index contributed by atoms with van der Waals surface area (Å²) in [7, 11) is -3.89. The first-order chi connectivity index (χ1) is 13.8. The van der Waals surface area contributed by atoms with E-state index in [-0.39, 0.29) is 16.1 Å². The molecule has 3 rings (SSSR count). The molecule has 1 amide bonds. The van der Waals surface area contributed by atoms with Crippen LogP contribution in [0.5, 0.6) is 0 Å². The third kappa shape index (κ3) is 4.78. The number of hydrogen-bond acceptors (Lipinski definition) is 4. The summed E-state index contributed by atoms with van der Waals surface area (Å²) in [5, 5.41) is 11.6. The zero-order valence-electron chi connectivity index (χ0n) is 15.3. The minimum Gasteiger partial charge on any atom is -0.322 e. The Morgan fingerprint density at radius 2 is 1.72 bits per heavy atom. The molecule has 0 aromatic heterocycles. The number of carbonyl (C=O) groups is 1. The van der Waals surface area contributed by atoms with E-state index in [9.17, 15) is 17.6 Å². The van der Waals surface area contributed by atoms with E-state index in [1.54, 1.807) is 24.3 Å². The van der Waals surface area contributed by atoms with Gasteiger partial charge < -0.3 is 5.32 Å². The van der Waals surface area contributed by atoms with Gasteiger partial charge in [0, 0.05) is 16.9 Å². The molecule has 3 aromatic rings. The van der Waals surface area contributed by atoms with Gasteiger partial charge in [-0.15, -0.1) is 0 Å². The molecule has 0 heterocycles. The molecule has 0 bridgehead atoms. The van der Waals surface area contributed by atoms with Crippen molar-refractivity contribution in [2.24, 2.45) is 0 Å². The van der Waals surface area contributed by atoms with Gasteiger partial charge in [0.05, 0.1) is 16.5 Å². The van der Waals surface area contributed by atoms with Gasteiger partial charge in [0.2, 0.25) is 0 Å². The zero-order valence-corrected chi connectivity index (χ0v) is 16.1. The van der Waals surface area contributed by atoms with Crippen molar-refractivity contribution in [3.8, 4) is 6.07 Å². The highest BCUT2D eigenvalue weighted by Gasteiger charge is 2.16. The quantitative estimate of drug-likeness (QED) is 0.664. The van der Waals surface area contributed by atoms with Gasteiger partial charge in [-0.3, -0.25) is 9.52 Å². The van der Waals surface area contributed by atoms with Crippen LogP contribution in [-0.4, -0.2) is 14.3 Å². The SMILES string of the molecule is Cc1cc(S(=O)(=O)Nc2ccc(C(=O)Nc3cccc(C#N)c3)cc2)ccc1F. The largest absolute Gasteiger partial charge is 0.322 e. The Bertz CT molecular complexity index is 1220. The summed E-state index contributed by atoms with van der Waals surface area (Å²) in [5.74, 6) is -0.886. The van der Waals surface area contributed by atoms with E-state index in [0.29, 0.717) is 16.8 Å². The monoisotopic (exact) mass is 409 g/mol. The number of halogens is 1. The number of anilines is 2. The summed E-state index contributed by atoms with van der Waals surface area (Å²) in [6.45, 7) is 1.48. The van der Waals surface area contributed by atoms with Crippen molar-refractivity contribution in [2.75, 3.05) is 10.0 Å². The molecule has 6 nitrogen and oxygen atoms in total. The topological polar surface area (TPSA) is 99.1 Å². The van der Waals surface area contributed by atoms with Crippen LogP contribution in [0.25, 0.3) is 0 Å². The molecule has 0 saturated carbocycles. The predicted octanol–water partition coefficient (Wildman–Crippen LogP) is 4.06. The summed E-state index contributed by atoms with van der Waals surface area (Å²) >= 11 is 0. The van der Waals surface area contributed by atoms with Gasteiger partial charge in [0.1, 0.15) is 5.82 Å². The van der Waals surface area contributed by atoms with Crippen molar-refractivity contribution >= 4 is 27.3 Å². The highest BCUT2D eigenvalue weighted by Crippen LogP contribution is 2.19. The molecule has 0 unspecified atom stereocenters. The number of nitriles is 1. The number of carbonyl (C=O) groups excluding carboxylic acids is 1. The summed E-state index contributed by atoms with van der Waals surface area (Å²) < 4.78 is 40.7. The Morgan fingerprint density at radius 3 is 2.38 bits per heavy atom. The Morgan fingerprint density at radius 1 is 1.00 bits per heavy atom. The lowest BCUT2D eigenvalue weighted by Gasteiger charge is -2.10. The third-order valence-electron chi connectivity index (χ3n) is 4.09. The van der Waals surface area contributed by atoms with Gasteiger partial charge in [0.25, 0.3) is 15.9 Å². The highest BCUT2D eigenvalue weighted by molar-refractivity contribution is 7.92. The number of amides is 1. The first-order valence-corrected chi connectivity index (χ1v) is 9.97. The standard InChI is InChI=1S/C21H16FN3O3S/c1-14-11-19(9-10-20(14)22)29(27,28)25-17-7-5-16(6-8-17)21(26)24-18-4-2-3-15(12-18)13-23/h2-12,25H,1H3,(H,24,26). The Labute approximate surface area is 167 Å². The second kappa shape index (κ2) is 8.12. The second-order valence-corrected chi connectivity index (χ2v) is 7.92. The molecular formula is C21H16FN3O3S. The van der Waals surface area contributed by atoms with Gasteiger partial charge in [-0.1, -0.05) is 6.07 Å². The first-order valence-electron chi connectivity index (χ1n) is 8.49. The molecule has 29 heavy (non-hydrogen) atoms. The molecular weight excluding hydrogens is 393 g/mol. The first kappa shape index (κ1) is 20.0. The predicted molar refractivity (Wildman–Crippen MR) is 107 cm³/mol. The number of aryl methyl sites for hydroxylation is 1. The van der Waals surface area contributed by atoms with Gasteiger partial charge in [-0.25, -0.2) is 12.8 Å². The van der Waals surface area contributed by atoms with Crippen LogP contribution in [0.2, 0.25) is 0 Å². The number of sulfonamides is 1. The van der Waals surface area contributed by atoms with E-state index in [2.05, 4.69) is 10.0 Å². The third-order valence-corrected chi connectivity index (χ3v) is 5.47. The number of benzene rings is 3. The molecule has 3 aromatic carbocycles. The summed E-state index contributed by atoms with van der Waals surface area (Å²) in [5.41, 5.74) is 1.69. The van der Waals surface area contributed by atoms with E-state index in [0.717, 1.165) is 6.07 Å². The molecule has 0 fully saturated rings. The molecule has 0 radical (unpaired) electrons. The molecule has 146 valence electrons. The van der Waals surface area contributed by atoms with Crippen molar-refractivity contribution < 1.29 is 17.6 Å². The van der Waals surface area contributed by atoms with Gasteiger partial charge in [-0.2, -0.15) is 5.26 Å². The van der Waals surface area contributed by atoms with Crippen LogP contribution in [0.15, 0.2) is 71.6 Å². The Balaban J connectivity index is 1.73. The van der Waals surface area contributed by atoms with Crippen LogP contribution in [0.1, 0.15) is 21.5 Å². The van der Waals surface area contributed by atoms with E-state index in [1.165, 1.54) is 43.3 Å². The minimum atomic E-state index is -3.89. The Kier molecular flexibility index (Phi) is 5.61. The highest BCUT2D eigenvalue weighted by atomic mass is 32.2. The number of rotatable bonds is 5. The lowest BCUT2D eigenvalue weighted by molar-refractivity contribution is 0.102. The van der Waals surface area contributed by atoms with Gasteiger partial charge in [-0.05, 0) is 73.2 Å². The van der Waals surface area contributed by atoms with E-state index in [4.69, 9.17) is 5.26 Å². The fourth-order valence-electron chi connectivity index (χ4n) is 2.56. The van der Waals surface area contributed by atoms with Crippen molar-refractivity contribution in [3.63, 3.8) is 0 Å². The van der Waals surface area contributed by atoms with Crippen molar-refractivity contribution in [1.29, 1.82) is 5.26 Å². The van der Waals surface area contributed by atoms with E-state index in [1.807, 2.05) is 6.07 Å². The fourth-order valence-corrected chi connectivity index (χ4v) is 3.70. The molecule has 0 aliphatic heterocycles. The smallest absolute Gasteiger partial charge is 0.261 e. The zero-order chi connectivity index (χ0) is 21.0. The lowest BCUT2D eigenvalue weighted by Crippen LogP contribution is -2.14. The molecule has 0 aliphatic carbocycles. The summed E-state index contributed by atoms with van der Waals surface area (Å²) in [6.07, 6.45) is 0. The van der Waals surface area contributed by atoms with Crippen LogP contribution < -0.4 is 10.0 Å². The van der Waals surface area contributed by atoms with Gasteiger partial charge in [0.15, 0.2) is 0 Å². The van der Waals surface area contributed by atoms with Crippen LogP contribution in [0.4, 0.5) is 15.8 Å². The van der Waals surface area contributed by atoms with E-state index < -0.39 is 21.7 Å². The van der Waals surface area contributed by atoms with Gasteiger partial charge >= 0.3 is 0 Å². The number of nitrogens with one attached hydrogen (secondary N) is 2. The van der Waals surface area contributed by atoms with Crippen molar-refractivity contribution in [3.05, 3.63) is 89.2 Å². The molecule has 0 spiro atoms. The van der Waals surface area contributed by atoms with E-state index >= 15 is 0 Å². The lowest BCUT2D eigenvalue weighted by atomic mass is 10.1. The van der Waals surface area contributed by atoms with Crippen molar-refractivity contribution in [1.82, 2.24) is 0 Å². The van der Waals surface area contributed by atoms with Crippen LogP contribution in [0.3, 0.4) is 0 Å². The Hall–Kier alpha value is -3.70. The van der Waals surface area contributed by atoms with Crippen LogP contribution in [-0.2, 0) is 10.0 Å². The maximum absolute atomic E-state index is 13.4. The second-order valence-electron chi connectivity index (χ2n) is 6.24. The maximum atomic E-state index is 13.4. The number of hydrogen-bond donors (Lipinski definition) is 2. The fraction of sp³-hybridized carbons (Fsp3) is 0.0476. The van der Waals surface area contributed by atoms with Crippen molar-refractivity contribution in [2.45, 2.75) is 11.8 Å². The normalized spacial score (nSPS) is 10.8. The molecule has 0 atom stereocenters. The minimum absolute atomic E-state index is 0.0596. The molecule has 2 N–H and O–H groups in total. The average molecular weight is 409 g/mol. The summed E-state index contributed by atoms with van der Waals surface area (Å²) in [4.78, 5) is 12.3. The van der Waals surface area contributed by atoms with Crippen LogP contribution >= 0.6 is 0 Å². The molecule has 0 saturated heterocycles. The molecule has 0 aliphatic rings. The number of nitrogens with zero attached hydrogens (tertiary/aromatic N) is 1. The average Bonchev–Trinajstić information content (AvgIpc) is 2.70. The summed E-state index contributed by atoms with van der Waals surface area (Å²) in [6, 6.07) is 17.8. The maximum Gasteiger partial charge on any atom is 0.261 e. The molecule has 8 heteroatoms.